The van der Waals surface area contributed by atoms with Crippen molar-refractivity contribution in [1.82, 2.24) is 5.16 Å². The van der Waals surface area contributed by atoms with E-state index >= 15 is 0 Å². The number of fused-ring (bicyclic) bond motifs is 3. The van der Waals surface area contributed by atoms with E-state index in [1.807, 2.05) is 31.2 Å². The summed E-state index contributed by atoms with van der Waals surface area (Å²) in [5.41, 5.74) is 4.06. The van der Waals surface area contributed by atoms with Gasteiger partial charge >= 0.3 is 6.18 Å². The molecule has 1 aliphatic heterocycles. The van der Waals surface area contributed by atoms with Crippen LogP contribution in [0.3, 0.4) is 0 Å². The first-order valence-corrected chi connectivity index (χ1v) is 7.72. The predicted molar refractivity (Wildman–Crippen MR) is 87.5 cm³/mol. The first kappa shape index (κ1) is 15.6. The van der Waals surface area contributed by atoms with Crippen molar-refractivity contribution in [3.63, 3.8) is 0 Å². The lowest BCUT2D eigenvalue weighted by molar-refractivity contribution is -0.137. The van der Waals surface area contributed by atoms with E-state index in [2.05, 4.69) is 10.1 Å². The van der Waals surface area contributed by atoms with Crippen LogP contribution in [-0.2, 0) is 12.7 Å². The minimum atomic E-state index is -4.36. The lowest BCUT2D eigenvalue weighted by atomic mass is 9.93. The van der Waals surface area contributed by atoms with Crippen molar-refractivity contribution in [2.45, 2.75) is 19.6 Å². The van der Waals surface area contributed by atoms with Gasteiger partial charge in [0.2, 0.25) is 0 Å². The third-order valence-electron chi connectivity index (χ3n) is 4.25. The zero-order valence-corrected chi connectivity index (χ0v) is 13.3. The Labute approximate surface area is 141 Å². The molecule has 2 aromatic carbocycles. The fraction of sp³-hybridized carbons (Fsp3) is 0.158. The first-order valence-electron chi connectivity index (χ1n) is 7.72. The number of aliphatic imine (C=N–C) groups is 1. The summed E-state index contributed by atoms with van der Waals surface area (Å²) in [6.45, 7) is 2.16. The Morgan fingerprint density at radius 1 is 0.960 bits per heavy atom. The Bertz CT molecular complexity index is 969. The van der Waals surface area contributed by atoms with Crippen molar-refractivity contribution in [3.05, 3.63) is 76.7 Å². The van der Waals surface area contributed by atoms with E-state index in [0.29, 0.717) is 23.6 Å². The van der Waals surface area contributed by atoms with Gasteiger partial charge in [0, 0.05) is 11.1 Å². The minimum Gasteiger partial charge on any atom is -0.358 e. The zero-order valence-electron chi connectivity index (χ0n) is 13.3. The van der Waals surface area contributed by atoms with Gasteiger partial charge in [-0.3, -0.25) is 4.99 Å². The third-order valence-corrected chi connectivity index (χ3v) is 4.25. The maximum absolute atomic E-state index is 12.8. The summed E-state index contributed by atoms with van der Waals surface area (Å²) in [6.07, 6.45) is -4.36. The van der Waals surface area contributed by atoms with Crippen LogP contribution in [0.25, 0.3) is 11.1 Å². The summed E-state index contributed by atoms with van der Waals surface area (Å²) in [4.78, 5) is 4.58. The Morgan fingerprint density at radius 2 is 1.64 bits per heavy atom. The van der Waals surface area contributed by atoms with Crippen molar-refractivity contribution in [1.29, 1.82) is 0 Å². The normalized spacial score (nSPS) is 13.7. The molecule has 6 heteroatoms. The molecule has 0 saturated heterocycles. The smallest absolute Gasteiger partial charge is 0.358 e. The number of hydrogen-bond donors (Lipinski definition) is 0. The maximum Gasteiger partial charge on any atom is 0.416 e. The van der Waals surface area contributed by atoms with E-state index < -0.39 is 11.7 Å². The van der Waals surface area contributed by atoms with Crippen LogP contribution < -0.4 is 0 Å². The topological polar surface area (TPSA) is 38.4 Å². The van der Waals surface area contributed by atoms with Crippen LogP contribution in [-0.4, -0.2) is 10.9 Å². The summed E-state index contributed by atoms with van der Waals surface area (Å²) in [5.74, 6) is 0.659. The van der Waals surface area contributed by atoms with E-state index in [1.165, 1.54) is 12.1 Å². The molecule has 3 nitrogen and oxygen atoms in total. The van der Waals surface area contributed by atoms with E-state index in [0.717, 1.165) is 34.5 Å². The summed E-state index contributed by atoms with van der Waals surface area (Å²) < 4.78 is 43.8. The van der Waals surface area contributed by atoms with Crippen LogP contribution in [0.2, 0.25) is 0 Å². The largest absolute Gasteiger partial charge is 0.416 e. The molecule has 25 heavy (non-hydrogen) atoms. The van der Waals surface area contributed by atoms with Gasteiger partial charge in [-0.1, -0.05) is 41.6 Å². The van der Waals surface area contributed by atoms with E-state index in [-0.39, 0.29) is 0 Å². The number of nitrogens with zero attached hydrogens (tertiary/aromatic N) is 2. The number of aryl methyl sites for hydroxylation is 1. The van der Waals surface area contributed by atoms with Crippen LogP contribution in [0.15, 0.2) is 58.0 Å². The molecular formula is C19H13F3N2O. The fourth-order valence-electron chi connectivity index (χ4n) is 3.08. The van der Waals surface area contributed by atoms with Crippen molar-refractivity contribution in [2.24, 2.45) is 4.99 Å². The minimum absolute atomic E-state index is 0.293. The second kappa shape index (κ2) is 5.58. The lowest BCUT2D eigenvalue weighted by Gasteiger charge is -2.12. The Balaban J connectivity index is 1.85. The quantitative estimate of drug-likeness (QED) is 0.623. The molecule has 0 N–H and O–H groups in total. The van der Waals surface area contributed by atoms with Gasteiger partial charge in [0.15, 0.2) is 5.76 Å². The van der Waals surface area contributed by atoms with Crippen molar-refractivity contribution < 1.29 is 17.7 Å². The van der Waals surface area contributed by atoms with E-state index in [4.69, 9.17) is 4.52 Å². The summed E-state index contributed by atoms with van der Waals surface area (Å²) in [6, 6.07) is 12.7. The fourth-order valence-corrected chi connectivity index (χ4v) is 3.08. The Morgan fingerprint density at radius 3 is 2.32 bits per heavy atom. The molecule has 0 fully saturated rings. The van der Waals surface area contributed by atoms with Crippen molar-refractivity contribution in [2.75, 3.05) is 0 Å². The molecule has 0 amide bonds. The molecule has 3 aromatic rings. The van der Waals surface area contributed by atoms with Crippen molar-refractivity contribution >= 4 is 5.71 Å². The van der Waals surface area contributed by atoms with Crippen LogP contribution in [0.4, 0.5) is 13.2 Å². The molecule has 0 spiro atoms. The van der Waals surface area contributed by atoms with Crippen LogP contribution >= 0.6 is 0 Å². The number of rotatable bonds is 1. The molecule has 0 atom stereocenters. The Kier molecular flexibility index (Phi) is 3.49. The molecule has 0 radical (unpaired) electrons. The van der Waals surface area contributed by atoms with E-state index in [9.17, 15) is 13.2 Å². The highest BCUT2D eigenvalue weighted by Gasteiger charge is 2.30. The lowest BCUT2D eigenvalue weighted by Crippen LogP contribution is -2.08. The highest BCUT2D eigenvalue weighted by molar-refractivity contribution is 6.17. The summed E-state index contributed by atoms with van der Waals surface area (Å²) >= 11 is 0. The molecule has 0 bridgehead atoms. The molecule has 4 rings (SSSR count). The molecular weight excluding hydrogens is 329 g/mol. The predicted octanol–water partition coefficient (Wildman–Crippen LogP) is 5.02. The van der Waals surface area contributed by atoms with Gasteiger partial charge < -0.3 is 4.52 Å². The second-order valence-corrected chi connectivity index (χ2v) is 5.85. The summed E-state index contributed by atoms with van der Waals surface area (Å²) in [5, 5.41) is 4.01. The van der Waals surface area contributed by atoms with Gasteiger partial charge in [0.1, 0.15) is 6.54 Å². The average molecular weight is 342 g/mol. The number of hydrogen-bond acceptors (Lipinski definition) is 3. The maximum atomic E-state index is 12.8. The van der Waals surface area contributed by atoms with E-state index in [1.54, 1.807) is 0 Å². The van der Waals surface area contributed by atoms with Gasteiger partial charge in [-0.15, -0.1) is 0 Å². The number of halogens is 3. The molecule has 0 unspecified atom stereocenters. The van der Waals surface area contributed by atoms with Crippen LogP contribution in [0, 0.1) is 6.92 Å². The SMILES string of the molecule is Cc1noc2c1-c1ccccc1C(c1ccc(C(F)(F)F)cc1)=NC2. The van der Waals surface area contributed by atoms with Gasteiger partial charge in [-0.05, 0) is 24.6 Å². The third kappa shape index (κ3) is 2.63. The average Bonchev–Trinajstić information content (AvgIpc) is 2.87. The number of alkyl halides is 3. The summed E-state index contributed by atoms with van der Waals surface area (Å²) in [7, 11) is 0. The molecule has 2 heterocycles. The molecule has 0 aliphatic carbocycles. The number of benzene rings is 2. The van der Waals surface area contributed by atoms with Gasteiger partial charge in [0.25, 0.3) is 0 Å². The second-order valence-electron chi connectivity index (χ2n) is 5.85. The highest BCUT2D eigenvalue weighted by Crippen LogP contribution is 2.35. The van der Waals surface area contributed by atoms with Crippen molar-refractivity contribution in [3.8, 4) is 11.1 Å². The number of aromatic nitrogens is 1. The van der Waals surface area contributed by atoms with Gasteiger partial charge in [0.05, 0.1) is 22.5 Å². The van der Waals surface area contributed by atoms with Gasteiger partial charge in [-0.2, -0.15) is 13.2 Å². The monoisotopic (exact) mass is 342 g/mol. The molecule has 1 aromatic heterocycles. The highest BCUT2D eigenvalue weighted by atomic mass is 19.4. The molecule has 1 aliphatic rings. The molecule has 126 valence electrons. The standard InChI is InChI=1S/C19H13F3N2O/c1-11-17-14-4-2-3-5-15(14)18(23-10-16(17)25-24-11)12-6-8-13(9-7-12)19(20,21)22/h2-9H,10H2,1H3. The van der Waals surface area contributed by atoms with Crippen LogP contribution in [0.1, 0.15) is 28.1 Å². The Hall–Kier alpha value is -2.89. The molecule has 0 saturated carbocycles. The zero-order chi connectivity index (χ0) is 17.6. The first-order chi connectivity index (χ1) is 11.9. The van der Waals surface area contributed by atoms with Crippen LogP contribution in [0.5, 0.6) is 0 Å². The van der Waals surface area contributed by atoms with Gasteiger partial charge in [-0.25, -0.2) is 0 Å².